The molecule has 0 saturated carbocycles. The van der Waals surface area contributed by atoms with Crippen molar-refractivity contribution in [2.24, 2.45) is 11.3 Å². The zero-order chi connectivity index (χ0) is 15.2. The van der Waals surface area contributed by atoms with Crippen molar-refractivity contribution in [2.75, 3.05) is 31.6 Å². The van der Waals surface area contributed by atoms with Gasteiger partial charge in [-0.15, -0.1) is 0 Å². The van der Waals surface area contributed by atoms with Crippen molar-refractivity contribution in [3.63, 3.8) is 0 Å². The zero-order valence-electron chi connectivity index (χ0n) is 14.2. The van der Waals surface area contributed by atoms with Crippen LogP contribution in [0.15, 0.2) is 24.3 Å². The second kappa shape index (κ2) is 7.68. The van der Waals surface area contributed by atoms with Gasteiger partial charge in [0.25, 0.3) is 0 Å². The smallest absolute Gasteiger partial charge is 0.0363 e. The van der Waals surface area contributed by atoms with E-state index in [0.717, 1.165) is 26.1 Å². The minimum absolute atomic E-state index is 0.271. The molecule has 1 N–H and O–H groups in total. The van der Waals surface area contributed by atoms with Crippen LogP contribution in [-0.2, 0) is 6.42 Å². The molecule has 0 atom stereocenters. The van der Waals surface area contributed by atoms with Crippen LogP contribution in [-0.4, -0.2) is 26.7 Å². The van der Waals surface area contributed by atoms with Crippen LogP contribution in [0, 0.1) is 11.3 Å². The van der Waals surface area contributed by atoms with Crippen molar-refractivity contribution in [3.8, 4) is 0 Å². The van der Waals surface area contributed by atoms with E-state index >= 15 is 0 Å². The van der Waals surface area contributed by atoms with Crippen LogP contribution in [0.2, 0.25) is 0 Å². The van der Waals surface area contributed by atoms with Gasteiger partial charge in [0.2, 0.25) is 0 Å². The second-order valence-electron chi connectivity index (χ2n) is 7.07. The number of hydrogen-bond donors (Lipinski definition) is 1. The molecular formula is C18H32N2. The monoisotopic (exact) mass is 276 g/mol. The normalized spacial score (nSPS) is 11.9. The lowest BCUT2D eigenvalue weighted by Crippen LogP contribution is -2.40. The Bertz CT molecular complexity index is 379. The van der Waals surface area contributed by atoms with Gasteiger partial charge in [0.15, 0.2) is 0 Å². The van der Waals surface area contributed by atoms with E-state index in [-0.39, 0.29) is 5.41 Å². The van der Waals surface area contributed by atoms with Gasteiger partial charge < -0.3 is 10.2 Å². The summed E-state index contributed by atoms with van der Waals surface area (Å²) >= 11 is 0. The van der Waals surface area contributed by atoms with Crippen molar-refractivity contribution in [2.45, 2.75) is 41.0 Å². The zero-order valence-corrected chi connectivity index (χ0v) is 14.2. The predicted molar refractivity (Wildman–Crippen MR) is 90.6 cm³/mol. The highest BCUT2D eigenvalue weighted by molar-refractivity contribution is 5.47. The number of anilines is 1. The molecular weight excluding hydrogens is 244 g/mol. The minimum atomic E-state index is 0.271. The van der Waals surface area contributed by atoms with E-state index in [1.54, 1.807) is 0 Å². The third-order valence-electron chi connectivity index (χ3n) is 3.61. The second-order valence-corrected chi connectivity index (χ2v) is 7.07. The summed E-state index contributed by atoms with van der Waals surface area (Å²) in [5.41, 5.74) is 2.98. The fourth-order valence-corrected chi connectivity index (χ4v) is 2.47. The fourth-order valence-electron chi connectivity index (χ4n) is 2.47. The molecule has 0 amide bonds. The molecule has 0 aliphatic rings. The molecule has 0 aliphatic heterocycles. The van der Waals surface area contributed by atoms with Gasteiger partial charge in [-0.25, -0.2) is 0 Å². The maximum absolute atomic E-state index is 3.57. The number of aryl methyl sites for hydroxylation is 1. The van der Waals surface area contributed by atoms with E-state index in [2.05, 4.69) is 76.1 Å². The average molecular weight is 276 g/mol. The maximum Gasteiger partial charge on any atom is 0.0363 e. The molecule has 1 rings (SSSR count). The Hall–Kier alpha value is -1.02. The van der Waals surface area contributed by atoms with E-state index < -0.39 is 0 Å². The molecule has 0 fully saturated rings. The molecule has 0 aromatic heterocycles. The summed E-state index contributed by atoms with van der Waals surface area (Å²) in [4.78, 5) is 2.36. The Morgan fingerprint density at radius 2 is 1.75 bits per heavy atom. The Morgan fingerprint density at radius 3 is 2.25 bits per heavy atom. The summed E-state index contributed by atoms with van der Waals surface area (Å²) in [6.07, 6.45) is 1.11. The van der Waals surface area contributed by atoms with Crippen molar-refractivity contribution in [1.29, 1.82) is 0 Å². The Morgan fingerprint density at radius 1 is 1.15 bits per heavy atom. The van der Waals surface area contributed by atoms with Crippen LogP contribution < -0.4 is 10.2 Å². The van der Waals surface area contributed by atoms with E-state index in [1.165, 1.54) is 11.3 Å². The summed E-state index contributed by atoms with van der Waals surface area (Å²) in [6.45, 7) is 14.6. The topological polar surface area (TPSA) is 15.3 Å². The molecule has 2 nitrogen and oxygen atoms in total. The molecule has 0 spiro atoms. The SMILES string of the molecule is CCc1ccc(N(C)CC(C)(C)CNCC(C)C)cc1. The first kappa shape index (κ1) is 17.0. The molecule has 0 bridgehead atoms. The van der Waals surface area contributed by atoms with Crippen LogP contribution in [0.5, 0.6) is 0 Å². The number of rotatable bonds is 8. The molecule has 0 radical (unpaired) electrons. The van der Waals surface area contributed by atoms with Gasteiger partial charge in [-0.2, -0.15) is 0 Å². The average Bonchev–Trinajstić information content (AvgIpc) is 2.37. The van der Waals surface area contributed by atoms with Crippen LogP contribution in [0.3, 0.4) is 0 Å². The van der Waals surface area contributed by atoms with Crippen molar-refractivity contribution < 1.29 is 0 Å². The largest absolute Gasteiger partial charge is 0.374 e. The summed E-state index contributed by atoms with van der Waals surface area (Å²) < 4.78 is 0. The van der Waals surface area contributed by atoms with E-state index in [9.17, 15) is 0 Å². The highest BCUT2D eigenvalue weighted by Gasteiger charge is 2.20. The van der Waals surface area contributed by atoms with Crippen LogP contribution in [0.25, 0.3) is 0 Å². The van der Waals surface area contributed by atoms with Crippen molar-refractivity contribution in [3.05, 3.63) is 29.8 Å². The first-order valence-electron chi connectivity index (χ1n) is 7.85. The van der Waals surface area contributed by atoms with Crippen molar-refractivity contribution in [1.82, 2.24) is 5.32 Å². The molecule has 0 heterocycles. The van der Waals surface area contributed by atoms with E-state index in [4.69, 9.17) is 0 Å². The number of nitrogens with one attached hydrogen (secondary N) is 1. The summed E-state index contributed by atoms with van der Waals surface area (Å²) in [5.74, 6) is 0.713. The van der Waals surface area contributed by atoms with Gasteiger partial charge in [0.1, 0.15) is 0 Å². The van der Waals surface area contributed by atoms with Gasteiger partial charge in [-0.3, -0.25) is 0 Å². The lowest BCUT2D eigenvalue weighted by molar-refractivity contribution is 0.338. The van der Waals surface area contributed by atoms with Crippen LogP contribution >= 0.6 is 0 Å². The van der Waals surface area contributed by atoms with E-state index in [1.807, 2.05) is 0 Å². The Labute approximate surface area is 125 Å². The number of nitrogens with zero attached hydrogens (tertiary/aromatic N) is 1. The molecule has 0 aliphatic carbocycles. The van der Waals surface area contributed by atoms with Crippen LogP contribution in [0.1, 0.15) is 40.2 Å². The first-order valence-corrected chi connectivity index (χ1v) is 7.85. The first-order chi connectivity index (χ1) is 9.34. The van der Waals surface area contributed by atoms with Gasteiger partial charge in [-0.05, 0) is 42.0 Å². The summed E-state index contributed by atoms with van der Waals surface area (Å²) in [7, 11) is 2.19. The quantitative estimate of drug-likeness (QED) is 0.773. The molecule has 114 valence electrons. The Kier molecular flexibility index (Phi) is 6.54. The summed E-state index contributed by atoms with van der Waals surface area (Å²) in [5, 5.41) is 3.57. The number of benzene rings is 1. The lowest BCUT2D eigenvalue weighted by atomic mass is 9.92. The fraction of sp³-hybridized carbons (Fsp3) is 0.667. The third-order valence-corrected chi connectivity index (χ3v) is 3.61. The maximum atomic E-state index is 3.57. The number of hydrogen-bond acceptors (Lipinski definition) is 2. The van der Waals surface area contributed by atoms with Gasteiger partial charge >= 0.3 is 0 Å². The molecule has 2 heteroatoms. The lowest BCUT2D eigenvalue weighted by Gasteiger charge is -2.32. The van der Waals surface area contributed by atoms with E-state index in [0.29, 0.717) is 5.92 Å². The third kappa shape index (κ3) is 5.96. The van der Waals surface area contributed by atoms with Gasteiger partial charge in [0, 0.05) is 25.8 Å². The highest BCUT2D eigenvalue weighted by Crippen LogP contribution is 2.21. The Balaban J connectivity index is 2.51. The standard InChI is InChI=1S/C18H32N2/c1-7-16-8-10-17(11-9-16)20(6)14-18(4,5)13-19-12-15(2)3/h8-11,15,19H,7,12-14H2,1-6H3. The molecule has 20 heavy (non-hydrogen) atoms. The van der Waals surface area contributed by atoms with Crippen LogP contribution in [0.4, 0.5) is 5.69 Å². The highest BCUT2D eigenvalue weighted by atomic mass is 15.1. The molecule has 1 aromatic rings. The molecule has 0 saturated heterocycles. The minimum Gasteiger partial charge on any atom is -0.374 e. The molecule has 0 unspecified atom stereocenters. The van der Waals surface area contributed by atoms with Gasteiger partial charge in [-0.1, -0.05) is 46.8 Å². The van der Waals surface area contributed by atoms with Gasteiger partial charge in [0.05, 0.1) is 0 Å². The van der Waals surface area contributed by atoms with Crippen molar-refractivity contribution >= 4 is 5.69 Å². The predicted octanol–water partition coefficient (Wildman–Crippen LogP) is 3.96. The molecule has 1 aromatic carbocycles. The summed E-state index contributed by atoms with van der Waals surface area (Å²) in [6, 6.07) is 8.93.